The van der Waals surface area contributed by atoms with Crippen LogP contribution in [0.15, 0.2) is 59.0 Å². The van der Waals surface area contributed by atoms with Gasteiger partial charge in [-0.3, -0.25) is 0 Å². The standard InChI is InChI=1S/C21H24N2O3/c1-15(20-14-17-6-4-5-7-19(17)26-20)23(2)21(24)22-13-12-16-8-10-18(25-3)11-9-16/h4-11,14-15H,12-13H2,1-3H3,(H,22,24). The Morgan fingerprint density at radius 2 is 1.92 bits per heavy atom. The highest BCUT2D eigenvalue weighted by atomic mass is 16.5. The van der Waals surface area contributed by atoms with E-state index in [1.54, 1.807) is 19.1 Å². The van der Waals surface area contributed by atoms with Gasteiger partial charge in [0, 0.05) is 19.0 Å². The maximum Gasteiger partial charge on any atom is 0.317 e. The summed E-state index contributed by atoms with van der Waals surface area (Å²) in [4.78, 5) is 14.1. The van der Waals surface area contributed by atoms with E-state index in [9.17, 15) is 4.79 Å². The zero-order chi connectivity index (χ0) is 18.5. The van der Waals surface area contributed by atoms with Crippen LogP contribution in [0.5, 0.6) is 5.75 Å². The van der Waals surface area contributed by atoms with Crippen molar-refractivity contribution in [2.45, 2.75) is 19.4 Å². The number of ether oxygens (including phenoxy) is 1. The van der Waals surface area contributed by atoms with Crippen LogP contribution in [-0.2, 0) is 6.42 Å². The summed E-state index contributed by atoms with van der Waals surface area (Å²) in [6.07, 6.45) is 0.766. The van der Waals surface area contributed by atoms with E-state index in [1.165, 1.54) is 0 Å². The van der Waals surface area contributed by atoms with Crippen molar-refractivity contribution in [2.75, 3.05) is 20.7 Å². The molecule has 0 fully saturated rings. The Balaban J connectivity index is 1.54. The molecule has 1 unspecified atom stereocenters. The molecule has 5 heteroatoms. The Labute approximate surface area is 153 Å². The van der Waals surface area contributed by atoms with E-state index in [2.05, 4.69) is 5.32 Å². The van der Waals surface area contributed by atoms with E-state index < -0.39 is 0 Å². The lowest BCUT2D eigenvalue weighted by atomic mass is 10.1. The molecule has 1 N–H and O–H groups in total. The third kappa shape index (κ3) is 3.99. The smallest absolute Gasteiger partial charge is 0.317 e. The van der Waals surface area contributed by atoms with Gasteiger partial charge in [-0.2, -0.15) is 0 Å². The zero-order valence-corrected chi connectivity index (χ0v) is 15.4. The number of fused-ring (bicyclic) bond motifs is 1. The number of nitrogens with zero attached hydrogens (tertiary/aromatic N) is 1. The predicted octanol–water partition coefficient (Wildman–Crippen LogP) is 4.39. The van der Waals surface area contributed by atoms with Crippen molar-refractivity contribution in [3.8, 4) is 5.75 Å². The lowest BCUT2D eigenvalue weighted by Crippen LogP contribution is -2.39. The summed E-state index contributed by atoms with van der Waals surface area (Å²) in [6, 6.07) is 17.4. The average molecular weight is 352 g/mol. The molecule has 0 radical (unpaired) electrons. The van der Waals surface area contributed by atoms with Gasteiger partial charge in [0.2, 0.25) is 0 Å². The third-order valence-corrected chi connectivity index (χ3v) is 4.61. The Bertz CT molecular complexity index is 837. The summed E-state index contributed by atoms with van der Waals surface area (Å²) in [5.74, 6) is 1.61. The number of carbonyl (C=O) groups excluding carboxylic acids is 1. The number of hydrogen-bond acceptors (Lipinski definition) is 3. The molecule has 2 amide bonds. The first-order chi connectivity index (χ1) is 12.6. The van der Waals surface area contributed by atoms with E-state index >= 15 is 0 Å². The van der Waals surface area contributed by atoms with Gasteiger partial charge in [0.15, 0.2) is 0 Å². The molecule has 1 aromatic heterocycles. The summed E-state index contributed by atoms with van der Waals surface area (Å²) in [5.41, 5.74) is 1.99. The minimum absolute atomic E-state index is 0.119. The molecule has 0 saturated heterocycles. The van der Waals surface area contributed by atoms with Gasteiger partial charge in [0.05, 0.1) is 13.2 Å². The number of furan rings is 1. The maximum absolute atomic E-state index is 12.4. The van der Waals surface area contributed by atoms with Gasteiger partial charge in [-0.15, -0.1) is 0 Å². The second-order valence-electron chi connectivity index (χ2n) is 6.30. The van der Waals surface area contributed by atoms with Gasteiger partial charge in [-0.1, -0.05) is 30.3 Å². The van der Waals surface area contributed by atoms with Crippen LogP contribution in [0.2, 0.25) is 0 Å². The van der Waals surface area contributed by atoms with Crippen LogP contribution in [0.1, 0.15) is 24.3 Å². The number of nitrogens with one attached hydrogen (secondary N) is 1. The van der Waals surface area contributed by atoms with Crippen LogP contribution >= 0.6 is 0 Å². The predicted molar refractivity (Wildman–Crippen MR) is 102 cm³/mol. The molecule has 1 atom stereocenters. The van der Waals surface area contributed by atoms with Gasteiger partial charge in [0.1, 0.15) is 17.1 Å². The molecule has 2 aromatic carbocycles. The molecule has 3 rings (SSSR count). The molecular formula is C21H24N2O3. The number of hydrogen-bond donors (Lipinski definition) is 1. The molecule has 0 aliphatic rings. The topological polar surface area (TPSA) is 54.7 Å². The summed E-state index contributed by atoms with van der Waals surface area (Å²) >= 11 is 0. The highest BCUT2D eigenvalue weighted by Gasteiger charge is 2.20. The summed E-state index contributed by atoms with van der Waals surface area (Å²) in [6.45, 7) is 2.53. The molecule has 0 bridgehead atoms. The summed E-state index contributed by atoms with van der Waals surface area (Å²) in [5, 5.41) is 4.00. The molecule has 1 heterocycles. The van der Waals surface area contributed by atoms with Gasteiger partial charge in [-0.25, -0.2) is 4.79 Å². The van der Waals surface area contributed by atoms with Crippen molar-refractivity contribution >= 4 is 17.0 Å². The van der Waals surface area contributed by atoms with Crippen LogP contribution in [0.3, 0.4) is 0 Å². The number of para-hydroxylation sites is 1. The molecule has 0 saturated carbocycles. The van der Waals surface area contributed by atoms with Crippen LogP contribution in [-0.4, -0.2) is 31.6 Å². The normalized spacial score (nSPS) is 12.0. The minimum Gasteiger partial charge on any atom is -0.497 e. The fraction of sp³-hybridized carbons (Fsp3) is 0.286. The number of urea groups is 1. The number of rotatable bonds is 6. The highest BCUT2D eigenvalue weighted by Crippen LogP contribution is 2.26. The van der Waals surface area contributed by atoms with Gasteiger partial charge >= 0.3 is 6.03 Å². The van der Waals surface area contributed by atoms with E-state index in [0.717, 1.165) is 34.5 Å². The van der Waals surface area contributed by atoms with E-state index in [-0.39, 0.29) is 12.1 Å². The molecule has 0 spiro atoms. The summed E-state index contributed by atoms with van der Waals surface area (Å²) in [7, 11) is 3.43. The Hall–Kier alpha value is -2.95. The van der Waals surface area contributed by atoms with Crippen molar-refractivity contribution in [1.82, 2.24) is 10.2 Å². The first-order valence-corrected chi connectivity index (χ1v) is 8.70. The monoisotopic (exact) mass is 352 g/mol. The molecule has 0 aliphatic heterocycles. The van der Waals surface area contributed by atoms with Crippen LogP contribution < -0.4 is 10.1 Å². The van der Waals surface area contributed by atoms with Gasteiger partial charge in [-0.05, 0) is 43.2 Å². The zero-order valence-electron chi connectivity index (χ0n) is 15.4. The van der Waals surface area contributed by atoms with Gasteiger partial charge < -0.3 is 19.4 Å². The fourth-order valence-corrected chi connectivity index (χ4v) is 2.81. The van der Waals surface area contributed by atoms with Crippen molar-refractivity contribution in [3.63, 3.8) is 0 Å². The fourth-order valence-electron chi connectivity index (χ4n) is 2.81. The average Bonchev–Trinajstić information content (AvgIpc) is 3.11. The Morgan fingerprint density at radius 3 is 2.62 bits per heavy atom. The van der Waals surface area contributed by atoms with E-state index in [1.807, 2.05) is 61.5 Å². The highest BCUT2D eigenvalue weighted by molar-refractivity contribution is 5.78. The largest absolute Gasteiger partial charge is 0.497 e. The molecule has 136 valence electrons. The first kappa shape index (κ1) is 17.9. The SMILES string of the molecule is COc1ccc(CCNC(=O)N(C)C(C)c2cc3ccccc3o2)cc1. The second kappa shape index (κ2) is 7.95. The van der Waals surface area contributed by atoms with Crippen molar-refractivity contribution in [3.05, 3.63) is 65.9 Å². The number of amides is 2. The van der Waals surface area contributed by atoms with E-state index in [0.29, 0.717) is 6.54 Å². The van der Waals surface area contributed by atoms with E-state index in [4.69, 9.17) is 9.15 Å². The quantitative estimate of drug-likeness (QED) is 0.716. The second-order valence-corrected chi connectivity index (χ2v) is 6.30. The van der Waals surface area contributed by atoms with Crippen molar-refractivity contribution < 1.29 is 13.9 Å². The first-order valence-electron chi connectivity index (χ1n) is 8.70. The lowest BCUT2D eigenvalue weighted by molar-refractivity contribution is 0.188. The van der Waals surface area contributed by atoms with Gasteiger partial charge in [0.25, 0.3) is 0 Å². The van der Waals surface area contributed by atoms with Crippen LogP contribution in [0, 0.1) is 0 Å². The van der Waals surface area contributed by atoms with Crippen LogP contribution in [0.25, 0.3) is 11.0 Å². The number of methoxy groups -OCH3 is 1. The van der Waals surface area contributed by atoms with Crippen LogP contribution in [0.4, 0.5) is 4.79 Å². The minimum atomic E-state index is -0.150. The number of benzene rings is 2. The molecule has 3 aromatic rings. The molecule has 5 nitrogen and oxygen atoms in total. The molecule has 0 aliphatic carbocycles. The third-order valence-electron chi connectivity index (χ3n) is 4.61. The summed E-state index contributed by atoms with van der Waals surface area (Å²) < 4.78 is 11.0. The Morgan fingerprint density at radius 1 is 1.19 bits per heavy atom. The maximum atomic E-state index is 12.4. The lowest BCUT2D eigenvalue weighted by Gasteiger charge is -2.23. The molecule has 26 heavy (non-hydrogen) atoms. The Kier molecular flexibility index (Phi) is 5.46. The van der Waals surface area contributed by atoms with Crippen molar-refractivity contribution in [1.29, 1.82) is 0 Å². The molecular weight excluding hydrogens is 328 g/mol. The number of carbonyl (C=O) groups is 1. The van der Waals surface area contributed by atoms with Crippen molar-refractivity contribution in [2.24, 2.45) is 0 Å².